The number of likely N-dealkylation sites (N-methyl/N-ethyl adjacent to an activating group) is 1. The molecule has 4 aromatic rings. The highest BCUT2D eigenvalue weighted by molar-refractivity contribution is 7.13. The number of amides is 1. The van der Waals surface area contributed by atoms with Crippen LogP contribution in [0.15, 0.2) is 60.2 Å². The van der Waals surface area contributed by atoms with Gasteiger partial charge in [0.15, 0.2) is 0 Å². The van der Waals surface area contributed by atoms with Gasteiger partial charge in [-0.3, -0.25) is 4.79 Å². The highest BCUT2D eigenvalue weighted by Crippen LogP contribution is 2.32. The van der Waals surface area contributed by atoms with Gasteiger partial charge in [0.25, 0.3) is 5.91 Å². The first-order chi connectivity index (χ1) is 17.1. The van der Waals surface area contributed by atoms with E-state index >= 15 is 0 Å². The van der Waals surface area contributed by atoms with Crippen molar-refractivity contribution in [1.29, 1.82) is 0 Å². The molecule has 0 spiro atoms. The first-order valence-corrected chi connectivity index (χ1v) is 12.5. The molecule has 1 amide bonds. The molecule has 10 heteroatoms. The third-order valence-electron chi connectivity index (χ3n) is 5.93. The number of carbonyl (C=O) groups is 1. The Hall–Kier alpha value is -3.63. The number of benzene rings is 1. The van der Waals surface area contributed by atoms with Gasteiger partial charge in [0.1, 0.15) is 22.6 Å². The summed E-state index contributed by atoms with van der Waals surface area (Å²) in [5.41, 5.74) is 2.78. The van der Waals surface area contributed by atoms with E-state index in [-0.39, 0.29) is 5.91 Å². The van der Waals surface area contributed by atoms with Gasteiger partial charge in [-0.1, -0.05) is 30.3 Å². The lowest BCUT2D eigenvalue weighted by atomic mass is 10.2. The monoisotopic (exact) mass is 489 g/mol. The maximum absolute atomic E-state index is 10.6. The summed E-state index contributed by atoms with van der Waals surface area (Å²) in [6, 6.07) is 14.0. The second kappa shape index (κ2) is 10.3. The average molecular weight is 490 g/mol. The molecule has 0 bridgehead atoms. The Kier molecular flexibility index (Phi) is 6.82. The number of likely N-dealkylation sites (tertiary alicyclic amines) is 1. The predicted molar refractivity (Wildman–Crippen MR) is 135 cm³/mol. The third kappa shape index (κ3) is 5.72. The third-order valence-corrected chi connectivity index (χ3v) is 6.82. The van der Waals surface area contributed by atoms with E-state index in [0.717, 1.165) is 40.2 Å². The number of aliphatic hydroxyl groups excluding tert-OH is 1. The van der Waals surface area contributed by atoms with Gasteiger partial charge < -0.3 is 15.3 Å². The van der Waals surface area contributed by atoms with Crippen molar-refractivity contribution in [1.82, 2.24) is 29.6 Å². The van der Waals surface area contributed by atoms with Crippen molar-refractivity contribution in [2.24, 2.45) is 5.92 Å². The number of carbonyl (C=O) groups excluding carboxylic acids is 1. The molecule has 1 saturated heterocycles. The number of nitrogens with zero attached hydrogens (tertiary/aromatic N) is 6. The van der Waals surface area contributed by atoms with Crippen molar-refractivity contribution < 1.29 is 9.90 Å². The molecule has 2 fully saturated rings. The molecule has 3 aromatic heterocycles. The van der Waals surface area contributed by atoms with Gasteiger partial charge in [-0.2, -0.15) is 5.10 Å². The van der Waals surface area contributed by atoms with Crippen LogP contribution in [0.25, 0.3) is 22.0 Å². The molecule has 1 saturated carbocycles. The molecule has 0 radical (unpaired) electrons. The van der Waals surface area contributed by atoms with E-state index in [1.807, 2.05) is 40.4 Å². The molecule has 1 atom stereocenters. The number of nitrogens with one attached hydrogen (secondary N) is 1. The van der Waals surface area contributed by atoms with Crippen LogP contribution in [0.2, 0.25) is 0 Å². The average Bonchev–Trinajstić information content (AvgIpc) is 3.24. The highest BCUT2D eigenvalue weighted by Gasteiger charge is 2.26. The quantitative estimate of drug-likeness (QED) is 0.424. The van der Waals surface area contributed by atoms with Crippen molar-refractivity contribution in [3.63, 3.8) is 0 Å². The van der Waals surface area contributed by atoms with E-state index in [4.69, 9.17) is 10.1 Å². The van der Waals surface area contributed by atoms with Gasteiger partial charge in [-0.25, -0.2) is 19.6 Å². The van der Waals surface area contributed by atoms with Crippen LogP contribution in [-0.4, -0.2) is 60.3 Å². The highest BCUT2D eigenvalue weighted by atomic mass is 32.1. The zero-order valence-electron chi connectivity index (χ0n) is 19.4. The van der Waals surface area contributed by atoms with Crippen molar-refractivity contribution in [2.45, 2.75) is 31.9 Å². The first kappa shape index (κ1) is 23.1. The maximum atomic E-state index is 10.6. The van der Waals surface area contributed by atoms with E-state index in [2.05, 4.69) is 32.5 Å². The van der Waals surface area contributed by atoms with Crippen molar-refractivity contribution >= 4 is 29.0 Å². The Morgan fingerprint density at radius 1 is 1.06 bits per heavy atom. The van der Waals surface area contributed by atoms with Gasteiger partial charge in [0.2, 0.25) is 5.95 Å². The first-order valence-electron chi connectivity index (χ1n) is 11.6. The number of hydrogen-bond donors (Lipinski definition) is 2. The van der Waals surface area contributed by atoms with E-state index in [1.165, 1.54) is 17.7 Å². The number of anilines is 2. The van der Waals surface area contributed by atoms with E-state index in [0.29, 0.717) is 18.9 Å². The predicted octanol–water partition coefficient (Wildman–Crippen LogP) is 3.83. The van der Waals surface area contributed by atoms with E-state index in [9.17, 15) is 4.79 Å². The zero-order valence-corrected chi connectivity index (χ0v) is 20.2. The number of hydrogen-bond acceptors (Lipinski definition) is 8. The minimum absolute atomic E-state index is 0.148. The summed E-state index contributed by atoms with van der Waals surface area (Å²) in [6.45, 7) is 1.64. The molecule has 9 nitrogen and oxygen atoms in total. The smallest absolute Gasteiger partial charge is 0.251 e. The summed E-state index contributed by atoms with van der Waals surface area (Å²) < 4.78 is 1.99. The molecule has 4 heterocycles. The van der Waals surface area contributed by atoms with Crippen LogP contribution in [0.4, 0.5) is 11.8 Å². The van der Waals surface area contributed by atoms with Crippen LogP contribution in [0.5, 0.6) is 0 Å². The Balaban J connectivity index is 0.000000271. The van der Waals surface area contributed by atoms with Crippen molar-refractivity contribution in [3.8, 4) is 22.0 Å². The molecule has 1 aliphatic carbocycles. The second-order valence-corrected chi connectivity index (χ2v) is 9.56. The zero-order chi connectivity index (χ0) is 24.2. The van der Waals surface area contributed by atoms with Crippen molar-refractivity contribution in [3.05, 3.63) is 60.2 Å². The van der Waals surface area contributed by atoms with Crippen LogP contribution in [0.3, 0.4) is 0 Å². The van der Waals surface area contributed by atoms with Gasteiger partial charge >= 0.3 is 0 Å². The van der Waals surface area contributed by atoms with Gasteiger partial charge in [-0.15, -0.1) is 11.3 Å². The molecule has 1 aromatic carbocycles. The fraction of sp³-hybridized carbons (Fsp3) is 0.320. The number of aliphatic hydroxyl groups is 1. The summed E-state index contributed by atoms with van der Waals surface area (Å²) in [7, 11) is 1.69. The fourth-order valence-electron chi connectivity index (χ4n) is 3.71. The summed E-state index contributed by atoms with van der Waals surface area (Å²) >= 11 is 1.62. The largest absolute Gasteiger partial charge is 0.383 e. The van der Waals surface area contributed by atoms with E-state index in [1.54, 1.807) is 30.8 Å². The Morgan fingerprint density at radius 3 is 2.57 bits per heavy atom. The van der Waals surface area contributed by atoms with Gasteiger partial charge in [0.05, 0.1) is 11.9 Å². The summed E-state index contributed by atoms with van der Waals surface area (Å²) in [6.07, 6.45) is 6.02. The van der Waals surface area contributed by atoms with E-state index < -0.39 is 6.10 Å². The number of rotatable bonds is 6. The SMILES string of the molecule is CN1CCC(O)C1=O.c1ccc(-c2nc(-c3ccnc(Nc4ccnn4CC4CC4)n3)cs2)cc1. The minimum Gasteiger partial charge on any atom is -0.383 e. The topological polar surface area (TPSA) is 109 Å². The van der Waals surface area contributed by atoms with Gasteiger partial charge in [0, 0.05) is 43.3 Å². The standard InChI is InChI=1S/C20H18N6S.C5H9NO2/c1-2-4-15(5-3-1)19-23-17(13-27-19)16-8-10-21-20(24-16)25-18-9-11-22-26(18)12-14-6-7-14;1-6-3-2-4(7)5(6)8/h1-5,8-11,13-14H,6-7,12H2,(H,21,24,25);4,7H,2-3H2,1H3. The Bertz CT molecular complexity index is 1270. The number of aromatic nitrogens is 5. The molecular formula is C25H27N7O2S. The molecule has 35 heavy (non-hydrogen) atoms. The lowest BCUT2D eigenvalue weighted by molar-refractivity contribution is -0.133. The molecular weight excluding hydrogens is 462 g/mol. The van der Waals surface area contributed by atoms with Crippen molar-refractivity contribution in [2.75, 3.05) is 18.9 Å². The lowest BCUT2D eigenvalue weighted by Gasteiger charge is -2.08. The summed E-state index contributed by atoms with van der Waals surface area (Å²) in [5, 5.41) is 19.5. The fourth-order valence-corrected chi connectivity index (χ4v) is 4.53. The molecule has 180 valence electrons. The van der Waals surface area contributed by atoms with Crippen LogP contribution in [-0.2, 0) is 11.3 Å². The molecule has 6 rings (SSSR count). The van der Waals surface area contributed by atoms with Crippen LogP contribution in [0, 0.1) is 5.92 Å². The number of thiazole rings is 1. The van der Waals surface area contributed by atoms with Crippen LogP contribution < -0.4 is 5.32 Å². The molecule has 1 unspecified atom stereocenters. The van der Waals surface area contributed by atoms with Crippen LogP contribution in [0.1, 0.15) is 19.3 Å². The van der Waals surface area contributed by atoms with Gasteiger partial charge in [-0.05, 0) is 31.2 Å². The minimum atomic E-state index is -0.722. The normalized spacial score (nSPS) is 17.3. The summed E-state index contributed by atoms with van der Waals surface area (Å²) in [4.78, 5) is 25.8. The maximum Gasteiger partial charge on any atom is 0.251 e. The Morgan fingerprint density at radius 2 is 1.89 bits per heavy atom. The molecule has 1 aliphatic heterocycles. The lowest BCUT2D eigenvalue weighted by Crippen LogP contribution is -2.24. The molecule has 2 N–H and O–H groups in total. The second-order valence-electron chi connectivity index (χ2n) is 8.70. The van der Waals surface area contributed by atoms with Crippen LogP contribution >= 0.6 is 11.3 Å². The Labute approximate surface area is 207 Å². The summed E-state index contributed by atoms with van der Waals surface area (Å²) in [5.74, 6) is 2.08. The molecule has 2 aliphatic rings.